The van der Waals surface area contributed by atoms with Crippen molar-refractivity contribution in [3.8, 4) is 5.75 Å². The van der Waals surface area contributed by atoms with Gasteiger partial charge in [-0.2, -0.15) is 0 Å². The SMILES string of the molecule is Cc1cc(OCc2cc(Cl)ccc2Cl)ccc1S(=O)(=O)Cl. The lowest BCUT2D eigenvalue weighted by Crippen LogP contribution is -1.99. The maximum absolute atomic E-state index is 11.3. The third-order valence-corrected chi connectivity index (χ3v) is 4.90. The molecule has 0 radical (unpaired) electrons. The molecule has 0 N–H and O–H groups in total. The highest BCUT2D eigenvalue weighted by molar-refractivity contribution is 8.13. The lowest BCUT2D eigenvalue weighted by molar-refractivity contribution is 0.306. The molecular formula is C14H11Cl3O3S. The summed E-state index contributed by atoms with van der Waals surface area (Å²) < 4.78 is 28.2. The van der Waals surface area contributed by atoms with E-state index in [1.165, 1.54) is 6.07 Å². The average Bonchev–Trinajstić information content (AvgIpc) is 2.38. The molecule has 2 aromatic rings. The zero-order valence-corrected chi connectivity index (χ0v) is 14.0. The molecule has 0 heterocycles. The molecule has 0 aliphatic carbocycles. The van der Waals surface area contributed by atoms with E-state index in [4.69, 9.17) is 38.6 Å². The van der Waals surface area contributed by atoms with Gasteiger partial charge in [0.15, 0.2) is 0 Å². The minimum Gasteiger partial charge on any atom is -0.489 e. The second kappa shape index (κ2) is 6.44. The Labute approximate surface area is 137 Å². The smallest absolute Gasteiger partial charge is 0.261 e. The summed E-state index contributed by atoms with van der Waals surface area (Å²) in [6.45, 7) is 1.88. The molecule has 21 heavy (non-hydrogen) atoms. The molecule has 0 spiro atoms. The Balaban J connectivity index is 2.18. The van der Waals surface area contributed by atoms with E-state index in [-0.39, 0.29) is 11.5 Å². The lowest BCUT2D eigenvalue weighted by atomic mass is 10.2. The summed E-state index contributed by atoms with van der Waals surface area (Å²) >= 11 is 11.9. The van der Waals surface area contributed by atoms with Crippen molar-refractivity contribution in [1.29, 1.82) is 0 Å². The van der Waals surface area contributed by atoms with Crippen LogP contribution in [0.4, 0.5) is 0 Å². The van der Waals surface area contributed by atoms with E-state index in [2.05, 4.69) is 0 Å². The third kappa shape index (κ3) is 4.27. The molecular weight excluding hydrogens is 355 g/mol. The second-order valence-electron chi connectivity index (χ2n) is 4.39. The van der Waals surface area contributed by atoms with Crippen LogP contribution in [0.1, 0.15) is 11.1 Å². The minimum absolute atomic E-state index is 0.0669. The Hall–Kier alpha value is -0.940. The summed E-state index contributed by atoms with van der Waals surface area (Å²) in [4.78, 5) is 0.0669. The van der Waals surface area contributed by atoms with E-state index in [1.807, 2.05) is 0 Å². The Morgan fingerprint density at radius 2 is 1.81 bits per heavy atom. The molecule has 3 nitrogen and oxygen atoms in total. The van der Waals surface area contributed by atoms with Crippen molar-refractivity contribution in [3.05, 3.63) is 57.6 Å². The van der Waals surface area contributed by atoms with Gasteiger partial charge in [0, 0.05) is 26.3 Å². The first-order valence-electron chi connectivity index (χ1n) is 5.89. The summed E-state index contributed by atoms with van der Waals surface area (Å²) in [7, 11) is 1.58. The molecule has 7 heteroatoms. The Morgan fingerprint density at radius 3 is 2.43 bits per heavy atom. The second-order valence-corrected chi connectivity index (χ2v) is 7.77. The maximum atomic E-state index is 11.3. The number of aryl methyl sites for hydroxylation is 1. The minimum atomic E-state index is -3.75. The van der Waals surface area contributed by atoms with Crippen LogP contribution in [0.5, 0.6) is 5.75 Å². The fourth-order valence-corrected chi connectivity index (χ4v) is 3.36. The number of halogens is 3. The highest BCUT2D eigenvalue weighted by Crippen LogP contribution is 2.26. The van der Waals surface area contributed by atoms with Gasteiger partial charge in [-0.05, 0) is 48.9 Å². The molecule has 2 aromatic carbocycles. The van der Waals surface area contributed by atoms with E-state index < -0.39 is 9.05 Å². The van der Waals surface area contributed by atoms with Crippen molar-refractivity contribution in [1.82, 2.24) is 0 Å². The van der Waals surface area contributed by atoms with Gasteiger partial charge >= 0.3 is 0 Å². The predicted octanol–water partition coefficient (Wildman–Crippen LogP) is 4.81. The number of ether oxygens (including phenoxy) is 1. The van der Waals surface area contributed by atoms with E-state index in [1.54, 1.807) is 37.3 Å². The fourth-order valence-electron chi connectivity index (χ4n) is 1.80. The van der Waals surface area contributed by atoms with Gasteiger partial charge in [-0.25, -0.2) is 8.42 Å². The first kappa shape index (κ1) is 16.4. The molecule has 0 saturated carbocycles. The van der Waals surface area contributed by atoms with Gasteiger partial charge in [-0.3, -0.25) is 0 Å². The molecule has 0 aliphatic heterocycles. The molecule has 112 valence electrons. The van der Waals surface area contributed by atoms with Crippen molar-refractivity contribution in [2.45, 2.75) is 18.4 Å². The zero-order valence-electron chi connectivity index (χ0n) is 10.9. The standard InChI is InChI=1S/C14H11Cl3O3S/c1-9-6-12(3-5-14(9)21(17,18)19)20-8-10-7-11(15)2-4-13(10)16/h2-7H,8H2,1H3. The normalized spacial score (nSPS) is 11.4. The van der Waals surface area contributed by atoms with Crippen LogP contribution < -0.4 is 4.74 Å². The predicted molar refractivity (Wildman–Crippen MR) is 85.0 cm³/mol. The van der Waals surface area contributed by atoms with Gasteiger partial charge in [0.05, 0.1) is 4.90 Å². The average molecular weight is 366 g/mol. The van der Waals surface area contributed by atoms with Gasteiger partial charge in [-0.15, -0.1) is 0 Å². The van der Waals surface area contributed by atoms with Crippen molar-refractivity contribution in [2.75, 3.05) is 0 Å². The summed E-state index contributed by atoms with van der Waals surface area (Å²) in [6, 6.07) is 9.66. The first-order chi connectivity index (χ1) is 9.77. The molecule has 0 atom stereocenters. The number of hydrogen-bond donors (Lipinski definition) is 0. The maximum Gasteiger partial charge on any atom is 0.261 e. The molecule has 0 fully saturated rings. The number of hydrogen-bond acceptors (Lipinski definition) is 3. The number of rotatable bonds is 4. The van der Waals surface area contributed by atoms with Gasteiger partial charge in [0.1, 0.15) is 12.4 Å². The molecule has 0 amide bonds. The van der Waals surface area contributed by atoms with Crippen LogP contribution in [0.25, 0.3) is 0 Å². The van der Waals surface area contributed by atoms with Crippen LogP contribution in [-0.2, 0) is 15.7 Å². The van der Waals surface area contributed by atoms with E-state index in [0.29, 0.717) is 21.4 Å². The Kier molecular flexibility index (Phi) is 5.04. The number of benzene rings is 2. The van der Waals surface area contributed by atoms with Crippen molar-refractivity contribution in [3.63, 3.8) is 0 Å². The van der Waals surface area contributed by atoms with E-state index >= 15 is 0 Å². The van der Waals surface area contributed by atoms with Gasteiger partial charge < -0.3 is 4.74 Å². The summed E-state index contributed by atoms with van der Waals surface area (Å²) in [6.07, 6.45) is 0. The quantitative estimate of drug-likeness (QED) is 0.730. The fraction of sp³-hybridized carbons (Fsp3) is 0.143. The molecule has 0 bridgehead atoms. The summed E-state index contributed by atoms with van der Waals surface area (Å²) in [5.74, 6) is 0.521. The van der Waals surface area contributed by atoms with Gasteiger partial charge in [0.2, 0.25) is 0 Å². The highest BCUT2D eigenvalue weighted by Gasteiger charge is 2.13. The first-order valence-corrected chi connectivity index (χ1v) is 8.96. The largest absolute Gasteiger partial charge is 0.489 e. The van der Waals surface area contributed by atoms with Crippen LogP contribution in [-0.4, -0.2) is 8.42 Å². The summed E-state index contributed by atoms with van der Waals surface area (Å²) in [5.41, 5.74) is 1.26. The van der Waals surface area contributed by atoms with Crippen LogP contribution in [0, 0.1) is 6.92 Å². The zero-order chi connectivity index (χ0) is 15.6. The van der Waals surface area contributed by atoms with Crippen molar-refractivity contribution in [2.24, 2.45) is 0 Å². The van der Waals surface area contributed by atoms with Crippen molar-refractivity contribution >= 4 is 42.9 Å². The monoisotopic (exact) mass is 364 g/mol. The van der Waals surface area contributed by atoms with Crippen LogP contribution in [0.2, 0.25) is 10.0 Å². The molecule has 0 aliphatic rings. The topological polar surface area (TPSA) is 43.4 Å². The van der Waals surface area contributed by atoms with Gasteiger partial charge in [0.25, 0.3) is 9.05 Å². The third-order valence-electron chi connectivity index (χ3n) is 2.81. The Bertz CT molecular complexity index is 773. The van der Waals surface area contributed by atoms with Crippen LogP contribution in [0.3, 0.4) is 0 Å². The van der Waals surface area contributed by atoms with Crippen LogP contribution in [0.15, 0.2) is 41.3 Å². The highest BCUT2D eigenvalue weighted by atomic mass is 35.7. The lowest BCUT2D eigenvalue weighted by Gasteiger charge is -2.10. The summed E-state index contributed by atoms with van der Waals surface area (Å²) in [5, 5.41) is 1.12. The molecule has 2 rings (SSSR count). The molecule has 0 unspecified atom stereocenters. The van der Waals surface area contributed by atoms with Crippen LogP contribution >= 0.6 is 33.9 Å². The Morgan fingerprint density at radius 1 is 1.10 bits per heavy atom. The van der Waals surface area contributed by atoms with Gasteiger partial charge in [-0.1, -0.05) is 23.2 Å². The van der Waals surface area contributed by atoms with E-state index in [0.717, 1.165) is 5.56 Å². The van der Waals surface area contributed by atoms with Crippen molar-refractivity contribution < 1.29 is 13.2 Å². The molecule has 0 saturated heterocycles. The molecule has 0 aromatic heterocycles. The van der Waals surface area contributed by atoms with E-state index in [9.17, 15) is 8.42 Å².